The number of nitrogens with zero attached hydrogens (tertiary/aromatic N) is 1. The average Bonchev–Trinajstić information content (AvgIpc) is 2.80. The second-order valence-corrected chi connectivity index (χ2v) is 12.6. The third-order valence-corrected chi connectivity index (χ3v) is 7.89. The fourth-order valence-electron chi connectivity index (χ4n) is 4.38. The molecule has 0 aromatic rings. The van der Waals surface area contributed by atoms with Gasteiger partial charge in [-0.05, 0) is 38.3 Å². The van der Waals surface area contributed by atoms with Crippen LogP contribution in [0.5, 0.6) is 0 Å². The van der Waals surface area contributed by atoms with Gasteiger partial charge in [0.25, 0.3) is 0 Å². The van der Waals surface area contributed by atoms with Crippen molar-refractivity contribution in [3.8, 4) is 0 Å². The van der Waals surface area contributed by atoms with Crippen LogP contribution in [0.15, 0.2) is 0 Å². The number of rotatable bonds is 26. The lowest BCUT2D eigenvalue weighted by Crippen LogP contribution is -2.24. The largest absolute Gasteiger partial charge is 0.472 e. The van der Waals surface area contributed by atoms with Gasteiger partial charge in [0.15, 0.2) is 0 Å². The van der Waals surface area contributed by atoms with Gasteiger partial charge in [0, 0.05) is 20.3 Å². The molecule has 0 bridgehead atoms. The van der Waals surface area contributed by atoms with Gasteiger partial charge in [-0.15, -0.1) is 0 Å². The number of hydrogen-bond donors (Lipinski definition) is 1. The Balaban J connectivity index is 3.71. The van der Waals surface area contributed by atoms with Crippen LogP contribution in [0.4, 0.5) is 0 Å². The maximum atomic E-state index is 11.9. The first-order valence-electron chi connectivity index (χ1n) is 14.5. The smallest absolute Gasteiger partial charge is 0.379 e. The second kappa shape index (κ2) is 22.9. The Morgan fingerprint density at radius 2 is 1.31 bits per heavy atom. The molecule has 0 saturated carbocycles. The van der Waals surface area contributed by atoms with E-state index in [0.29, 0.717) is 19.8 Å². The molecule has 7 nitrogen and oxygen atoms in total. The summed E-state index contributed by atoms with van der Waals surface area (Å²) in [7, 11) is 1.21. The van der Waals surface area contributed by atoms with Crippen LogP contribution in [0.25, 0.3) is 0 Å². The summed E-state index contributed by atoms with van der Waals surface area (Å²) >= 11 is 0. The molecule has 0 aromatic carbocycles. The van der Waals surface area contributed by atoms with Crippen molar-refractivity contribution in [1.82, 2.24) is 4.90 Å². The van der Waals surface area contributed by atoms with Crippen molar-refractivity contribution in [2.24, 2.45) is 17.8 Å². The van der Waals surface area contributed by atoms with E-state index in [1.165, 1.54) is 64.2 Å². The minimum atomic E-state index is -4.07. The number of phosphoric ester groups is 1. The number of likely N-dealkylation sites (N-methyl/N-ethyl adjacent to an activating group) is 1. The minimum Gasteiger partial charge on any atom is -0.379 e. The minimum absolute atomic E-state index is 0.0413. The molecule has 0 heterocycles. The fourth-order valence-corrected chi connectivity index (χ4v) is 5.12. The average molecular weight is 538 g/mol. The van der Waals surface area contributed by atoms with Crippen molar-refractivity contribution >= 4 is 7.82 Å². The van der Waals surface area contributed by atoms with Crippen molar-refractivity contribution in [3.63, 3.8) is 0 Å². The standard InChI is InChI=1S/C28H60NO6P/c1-8-14-25(2)16-12-18-27(4)19-13-17-26(3)15-10-9-11-21-33-23-28(32-7)24-35-36(30,31)34-22-20-29(5)6/h25-28H,8-24H2,1-7H3,(H,30,31). The molecular weight excluding hydrogens is 477 g/mol. The van der Waals surface area contributed by atoms with Crippen LogP contribution in [0.2, 0.25) is 0 Å². The Bertz CT molecular complexity index is 536. The number of unbranched alkanes of at least 4 members (excludes halogenated alkanes) is 2. The molecule has 5 atom stereocenters. The fraction of sp³-hybridized carbons (Fsp3) is 1.00. The van der Waals surface area contributed by atoms with Crippen LogP contribution >= 0.6 is 7.82 Å². The maximum Gasteiger partial charge on any atom is 0.472 e. The van der Waals surface area contributed by atoms with E-state index in [9.17, 15) is 9.46 Å². The van der Waals surface area contributed by atoms with Crippen LogP contribution in [-0.4, -0.2) is 70.1 Å². The van der Waals surface area contributed by atoms with Crippen molar-refractivity contribution in [3.05, 3.63) is 0 Å². The number of methoxy groups -OCH3 is 1. The summed E-state index contributed by atoms with van der Waals surface area (Å²) in [5, 5.41) is 0. The molecule has 0 fully saturated rings. The second-order valence-electron chi connectivity index (χ2n) is 11.1. The zero-order valence-electron chi connectivity index (χ0n) is 24.7. The first-order valence-corrected chi connectivity index (χ1v) is 16.0. The molecule has 0 aliphatic rings. The normalized spacial score (nSPS) is 17.1. The van der Waals surface area contributed by atoms with Crippen LogP contribution in [0.1, 0.15) is 105 Å². The highest BCUT2D eigenvalue weighted by Gasteiger charge is 2.23. The lowest BCUT2D eigenvalue weighted by molar-refractivity contribution is -0.0222. The van der Waals surface area contributed by atoms with E-state index in [-0.39, 0.29) is 13.2 Å². The molecule has 218 valence electrons. The summed E-state index contributed by atoms with van der Waals surface area (Å²) in [5.41, 5.74) is 0. The van der Waals surface area contributed by atoms with Gasteiger partial charge in [-0.2, -0.15) is 0 Å². The molecule has 0 aliphatic carbocycles. The highest BCUT2D eigenvalue weighted by Crippen LogP contribution is 2.43. The number of ether oxygens (including phenoxy) is 2. The van der Waals surface area contributed by atoms with Gasteiger partial charge in [0.05, 0.1) is 19.8 Å². The van der Waals surface area contributed by atoms with Crippen molar-refractivity contribution in [1.29, 1.82) is 0 Å². The van der Waals surface area contributed by atoms with E-state index < -0.39 is 13.9 Å². The van der Waals surface area contributed by atoms with E-state index in [2.05, 4.69) is 27.7 Å². The zero-order chi connectivity index (χ0) is 27.2. The molecule has 0 spiro atoms. The predicted molar refractivity (Wildman–Crippen MR) is 150 cm³/mol. The van der Waals surface area contributed by atoms with Gasteiger partial charge in [-0.25, -0.2) is 4.57 Å². The summed E-state index contributed by atoms with van der Waals surface area (Å²) in [4.78, 5) is 11.6. The van der Waals surface area contributed by atoms with Gasteiger partial charge < -0.3 is 19.3 Å². The lowest BCUT2D eigenvalue weighted by Gasteiger charge is -2.19. The highest BCUT2D eigenvalue weighted by atomic mass is 31.2. The van der Waals surface area contributed by atoms with Crippen molar-refractivity contribution in [2.45, 2.75) is 111 Å². The van der Waals surface area contributed by atoms with E-state index >= 15 is 0 Å². The van der Waals surface area contributed by atoms with E-state index in [0.717, 1.165) is 30.6 Å². The van der Waals surface area contributed by atoms with Crippen molar-refractivity contribution < 1.29 is 28.0 Å². The van der Waals surface area contributed by atoms with Crippen LogP contribution < -0.4 is 0 Å². The van der Waals surface area contributed by atoms with E-state index in [4.69, 9.17) is 18.5 Å². The molecular formula is C28H60NO6P. The third-order valence-electron chi connectivity index (χ3n) is 6.91. The Labute approximate surface area is 223 Å². The predicted octanol–water partition coefficient (Wildman–Crippen LogP) is 7.32. The summed E-state index contributed by atoms with van der Waals surface area (Å²) in [6.45, 7) is 11.1. The Morgan fingerprint density at radius 1 is 0.750 bits per heavy atom. The van der Waals surface area contributed by atoms with E-state index in [1.807, 2.05) is 19.0 Å². The Morgan fingerprint density at radius 3 is 1.83 bits per heavy atom. The van der Waals surface area contributed by atoms with Crippen LogP contribution in [0, 0.1) is 17.8 Å². The molecule has 0 radical (unpaired) electrons. The summed E-state index contributed by atoms with van der Waals surface area (Å²) < 4.78 is 32.9. The van der Waals surface area contributed by atoms with E-state index in [1.54, 1.807) is 7.11 Å². The molecule has 36 heavy (non-hydrogen) atoms. The Hall–Kier alpha value is -0.0100. The molecule has 0 saturated heterocycles. The highest BCUT2D eigenvalue weighted by molar-refractivity contribution is 7.47. The van der Waals surface area contributed by atoms with Gasteiger partial charge in [-0.3, -0.25) is 9.05 Å². The zero-order valence-corrected chi connectivity index (χ0v) is 25.6. The summed E-state index contributed by atoms with van der Waals surface area (Å²) in [5.74, 6) is 2.56. The Kier molecular flexibility index (Phi) is 22.9. The first-order chi connectivity index (χ1) is 17.1. The quantitative estimate of drug-likeness (QED) is 0.0914. The molecule has 0 aromatic heterocycles. The summed E-state index contributed by atoms with van der Waals surface area (Å²) in [6, 6.07) is 0. The molecule has 5 unspecified atom stereocenters. The van der Waals surface area contributed by atoms with Gasteiger partial charge in [0.2, 0.25) is 0 Å². The molecule has 0 rings (SSSR count). The SMILES string of the molecule is CCCC(C)CCCC(C)CCCC(C)CCCCCOCC(COP(=O)(O)OCCN(C)C)OC. The van der Waals surface area contributed by atoms with Gasteiger partial charge in [0.1, 0.15) is 6.10 Å². The maximum absolute atomic E-state index is 11.9. The topological polar surface area (TPSA) is 77.5 Å². The molecule has 0 aliphatic heterocycles. The molecule has 8 heteroatoms. The van der Waals surface area contributed by atoms with Crippen molar-refractivity contribution in [2.75, 3.05) is 54.2 Å². The van der Waals surface area contributed by atoms with Crippen LogP contribution in [0.3, 0.4) is 0 Å². The van der Waals surface area contributed by atoms with Gasteiger partial charge in [-0.1, -0.05) is 98.3 Å². The van der Waals surface area contributed by atoms with Crippen LogP contribution in [-0.2, 0) is 23.1 Å². The van der Waals surface area contributed by atoms with Gasteiger partial charge >= 0.3 is 7.82 Å². The monoisotopic (exact) mass is 537 g/mol. The number of hydrogen-bond acceptors (Lipinski definition) is 6. The molecule has 0 amide bonds. The molecule has 1 N–H and O–H groups in total. The third kappa shape index (κ3) is 23.1. The first kappa shape index (κ1) is 36.0. The summed E-state index contributed by atoms with van der Waals surface area (Å²) in [6.07, 6.45) is 15.3. The lowest BCUT2D eigenvalue weighted by atomic mass is 9.91. The number of phosphoric acid groups is 1.